The summed E-state index contributed by atoms with van der Waals surface area (Å²) in [6.45, 7) is 5.44. The van der Waals surface area contributed by atoms with Gasteiger partial charge in [-0.25, -0.2) is 0 Å². The van der Waals surface area contributed by atoms with E-state index >= 15 is 0 Å². The number of esters is 1. The summed E-state index contributed by atoms with van der Waals surface area (Å²) in [5.74, 6) is -3.14. The molecular formula is C13H21NO5. The molecule has 0 aliphatic heterocycles. The first-order chi connectivity index (χ1) is 8.64. The zero-order chi connectivity index (χ0) is 15.0. The number of ether oxygens (including phenoxy) is 1. The van der Waals surface area contributed by atoms with E-state index < -0.39 is 29.1 Å². The van der Waals surface area contributed by atoms with Gasteiger partial charge in [-0.3, -0.25) is 14.4 Å². The predicted molar refractivity (Wildman–Crippen MR) is 67.2 cm³/mol. The molecule has 3 unspecified atom stereocenters. The molecule has 1 N–H and O–H groups in total. The molecule has 3 atom stereocenters. The molecule has 6 nitrogen and oxygen atoms in total. The summed E-state index contributed by atoms with van der Waals surface area (Å²) in [6, 6.07) is 0. The lowest BCUT2D eigenvalue weighted by Gasteiger charge is -2.21. The smallest absolute Gasteiger partial charge is 0.310 e. The van der Waals surface area contributed by atoms with Gasteiger partial charge in [0.2, 0.25) is 5.91 Å². The minimum absolute atomic E-state index is 0.227. The quantitative estimate of drug-likeness (QED) is 0.741. The maximum absolute atomic E-state index is 12.2. The molecule has 0 saturated heterocycles. The van der Waals surface area contributed by atoms with Crippen molar-refractivity contribution in [1.29, 1.82) is 0 Å². The van der Waals surface area contributed by atoms with Crippen LogP contribution in [0.15, 0.2) is 0 Å². The molecule has 0 radical (unpaired) electrons. The number of carbonyl (C=O) groups is 3. The first-order valence-electron chi connectivity index (χ1n) is 6.20. The second-order valence-electron chi connectivity index (χ2n) is 5.76. The average Bonchev–Trinajstić information content (AvgIpc) is 2.90. The Hall–Kier alpha value is -1.59. The number of carbonyl (C=O) groups excluding carboxylic acids is 2. The van der Waals surface area contributed by atoms with E-state index in [2.05, 4.69) is 4.74 Å². The Balaban J connectivity index is 2.65. The minimum atomic E-state index is -0.947. The second kappa shape index (κ2) is 5.19. The topological polar surface area (TPSA) is 83.9 Å². The van der Waals surface area contributed by atoms with Gasteiger partial charge in [-0.15, -0.1) is 0 Å². The average molecular weight is 271 g/mol. The van der Waals surface area contributed by atoms with Crippen LogP contribution in [0.25, 0.3) is 0 Å². The monoisotopic (exact) mass is 271 g/mol. The van der Waals surface area contributed by atoms with Gasteiger partial charge < -0.3 is 14.7 Å². The number of amides is 1. The van der Waals surface area contributed by atoms with E-state index in [0.717, 1.165) is 0 Å². The highest BCUT2D eigenvalue weighted by Crippen LogP contribution is 2.58. The van der Waals surface area contributed by atoms with Gasteiger partial charge >= 0.3 is 11.9 Å². The molecule has 108 valence electrons. The molecule has 1 amide bonds. The summed E-state index contributed by atoms with van der Waals surface area (Å²) in [7, 11) is 2.88. The number of carboxylic acid groups (broad SMARTS) is 1. The van der Waals surface area contributed by atoms with Crippen molar-refractivity contribution in [2.75, 3.05) is 20.7 Å². The zero-order valence-electron chi connectivity index (χ0n) is 12.0. The number of aliphatic carboxylic acids is 1. The molecule has 1 rings (SSSR count). The van der Waals surface area contributed by atoms with Crippen molar-refractivity contribution in [1.82, 2.24) is 4.90 Å². The van der Waals surface area contributed by atoms with Crippen LogP contribution < -0.4 is 0 Å². The maximum atomic E-state index is 12.2. The van der Waals surface area contributed by atoms with Gasteiger partial charge in [-0.1, -0.05) is 20.8 Å². The Labute approximate surface area is 112 Å². The molecule has 0 spiro atoms. The number of rotatable bonds is 5. The molecule has 1 fully saturated rings. The fourth-order valence-corrected chi connectivity index (χ4v) is 2.57. The molecular weight excluding hydrogens is 250 g/mol. The Morgan fingerprint density at radius 2 is 1.84 bits per heavy atom. The normalized spacial score (nSPS) is 25.3. The largest absolute Gasteiger partial charge is 0.481 e. The van der Waals surface area contributed by atoms with E-state index in [0.29, 0.717) is 0 Å². The SMILES string of the molecule is COC(=O)C(C)CN(C)C(=O)C1C(C(=O)O)C1(C)C. The van der Waals surface area contributed by atoms with Crippen LogP contribution in [-0.2, 0) is 19.1 Å². The summed E-state index contributed by atoms with van der Waals surface area (Å²) in [5, 5.41) is 9.05. The molecule has 0 aromatic rings. The summed E-state index contributed by atoms with van der Waals surface area (Å²) >= 11 is 0. The number of methoxy groups -OCH3 is 1. The number of hydrogen-bond donors (Lipinski definition) is 1. The lowest BCUT2D eigenvalue weighted by Crippen LogP contribution is -2.36. The molecule has 6 heteroatoms. The highest BCUT2D eigenvalue weighted by atomic mass is 16.5. The Morgan fingerprint density at radius 1 is 1.32 bits per heavy atom. The Morgan fingerprint density at radius 3 is 2.21 bits per heavy atom. The van der Waals surface area contributed by atoms with Crippen molar-refractivity contribution < 1.29 is 24.2 Å². The molecule has 1 saturated carbocycles. The third-order valence-electron chi connectivity index (χ3n) is 3.89. The highest BCUT2D eigenvalue weighted by Gasteiger charge is 2.66. The first kappa shape index (κ1) is 15.5. The number of hydrogen-bond acceptors (Lipinski definition) is 4. The molecule has 1 aliphatic carbocycles. The van der Waals surface area contributed by atoms with Crippen molar-refractivity contribution in [2.24, 2.45) is 23.2 Å². The molecule has 0 aromatic heterocycles. The third-order valence-corrected chi connectivity index (χ3v) is 3.89. The van der Waals surface area contributed by atoms with Crippen LogP contribution in [0, 0.1) is 23.2 Å². The van der Waals surface area contributed by atoms with Crippen LogP contribution in [0.1, 0.15) is 20.8 Å². The van der Waals surface area contributed by atoms with Crippen molar-refractivity contribution in [3.8, 4) is 0 Å². The molecule has 0 aromatic carbocycles. The van der Waals surface area contributed by atoms with E-state index in [-0.39, 0.29) is 18.4 Å². The summed E-state index contributed by atoms with van der Waals surface area (Å²) in [5.41, 5.74) is -0.522. The first-order valence-corrected chi connectivity index (χ1v) is 6.20. The number of carboxylic acids is 1. The molecule has 19 heavy (non-hydrogen) atoms. The van der Waals surface area contributed by atoms with Crippen LogP contribution >= 0.6 is 0 Å². The van der Waals surface area contributed by atoms with E-state index in [1.54, 1.807) is 27.8 Å². The van der Waals surface area contributed by atoms with Gasteiger partial charge in [0.05, 0.1) is 24.9 Å². The zero-order valence-corrected chi connectivity index (χ0v) is 12.0. The second-order valence-corrected chi connectivity index (χ2v) is 5.76. The van der Waals surface area contributed by atoms with Crippen LogP contribution in [-0.4, -0.2) is 48.6 Å². The van der Waals surface area contributed by atoms with E-state index in [1.807, 2.05) is 0 Å². The highest BCUT2D eigenvalue weighted by molar-refractivity contribution is 5.91. The van der Waals surface area contributed by atoms with Crippen molar-refractivity contribution in [3.63, 3.8) is 0 Å². The Kier molecular flexibility index (Phi) is 4.22. The van der Waals surface area contributed by atoms with Crippen LogP contribution in [0.3, 0.4) is 0 Å². The van der Waals surface area contributed by atoms with Crippen LogP contribution in [0.2, 0.25) is 0 Å². The molecule has 1 aliphatic rings. The van der Waals surface area contributed by atoms with Crippen molar-refractivity contribution in [2.45, 2.75) is 20.8 Å². The summed E-state index contributed by atoms with van der Waals surface area (Å²) in [4.78, 5) is 36.0. The third kappa shape index (κ3) is 2.88. The minimum Gasteiger partial charge on any atom is -0.481 e. The number of nitrogens with zero attached hydrogens (tertiary/aromatic N) is 1. The lowest BCUT2D eigenvalue weighted by atomic mass is 10.1. The predicted octanol–water partition coefficient (Wildman–Crippen LogP) is 0.611. The van der Waals surface area contributed by atoms with Crippen molar-refractivity contribution in [3.05, 3.63) is 0 Å². The Bertz CT molecular complexity index is 404. The van der Waals surface area contributed by atoms with Gasteiger partial charge in [-0.05, 0) is 5.41 Å². The maximum Gasteiger partial charge on any atom is 0.310 e. The lowest BCUT2D eigenvalue weighted by molar-refractivity contribution is -0.147. The van der Waals surface area contributed by atoms with Gasteiger partial charge in [0.15, 0.2) is 0 Å². The molecule has 0 bridgehead atoms. The van der Waals surface area contributed by atoms with Crippen LogP contribution in [0.4, 0.5) is 0 Å². The van der Waals surface area contributed by atoms with E-state index in [9.17, 15) is 14.4 Å². The molecule has 0 heterocycles. The standard InChI is InChI=1S/C13H21NO5/c1-7(12(18)19-5)6-14(4)10(15)8-9(11(16)17)13(8,2)3/h7-9H,6H2,1-5H3,(H,16,17). The van der Waals surface area contributed by atoms with E-state index in [4.69, 9.17) is 5.11 Å². The van der Waals surface area contributed by atoms with Gasteiger partial charge in [0.1, 0.15) is 0 Å². The summed E-state index contributed by atoms with van der Waals surface area (Å²) in [6.07, 6.45) is 0. The van der Waals surface area contributed by atoms with Crippen LogP contribution in [0.5, 0.6) is 0 Å². The van der Waals surface area contributed by atoms with Gasteiger partial charge in [0.25, 0.3) is 0 Å². The summed E-state index contributed by atoms with van der Waals surface area (Å²) < 4.78 is 4.60. The van der Waals surface area contributed by atoms with Crippen molar-refractivity contribution >= 4 is 17.8 Å². The van der Waals surface area contributed by atoms with E-state index in [1.165, 1.54) is 12.0 Å². The fourth-order valence-electron chi connectivity index (χ4n) is 2.57. The fraction of sp³-hybridized carbons (Fsp3) is 0.769. The van der Waals surface area contributed by atoms with Gasteiger partial charge in [0, 0.05) is 13.6 Å². The van der Waals surface area contributed by atoms with Gasteiger partial charge in [-0.2, -0.15) is 0 Å².